The van der Waals surface area contributed by atoms with Crippen LogP contribution in [0.2, 0.25) is 0 Å². The fourth-order valence-corrected chi connectivity index (χ4v) is 4.21. The number of halogens is 1. The number of benzene rings is 1. The smallest absolute Gasteiger partial charge is 0.235 e. The zero-order chi connectivity index (χ0) is 17.0. The van der Waals surface area contributed by atoms with Crippen molar-refractivity contribution in [2.24, 2.45) is 16.2 Å². The van der Waals surface area contributed by atoms with Crippen molar-refractivity contribution in [3.63, 3.8) is 0 Å². The fourth-order valence-electron chi connectivity index (χ4n) is 4.21. The van der Waals surface area contributed by atoms with Gasteiger partial charge in [0.05, 0.1) is 0 Å². The summed E-state index contributed by atoms with van der Waals surface area (Å²) in [5, 5.41) is 2.77. The van der Waals surface area contributed by atoms with E-state index in [1.54, 1.807) is 19.1 Å². The van der Waals surface area contributed by atoms with Crippen LogP contribution in [0.15, 0.2) is 24.3 Å². The SMILES string of the molecule is CC1(C)[C@@]2(C(=O)NCc3ccc(F)cc3)CC[C@]1(C)C(=O)C2=O. The topological polar surface area (TPSA) is 63.2 Å². The second-order valence-corrected chi connectivity index (χ2v) is 7.33. The molecule has 0 radical (unpaired) electrons. The Morgan fingerprint density at radius 2 is 1.70 bits per heavy atom. The van der Waals surface area contributed by atoms with Gasteiger partial charge < -0.3 is 5.32 Å². The van der Waals surface area contributed by atoms with E-state index < -0.39 is 33.7 Å². The molecule has 3 rings (SSSR count). The Bertz CT molecular complexity index is 709. The lowest BCUT2D eigenvalue weighted by Gasteiger charge is -2.37. The molecule has 2 atom stereocenters. The van der Waals surface area contributed by atoms with E-state index in [0.29, 0.717) is 12.8 Å². The van der Waals surface area contributed by atoms with Gasteiger partial charge in [0.25, 0.3) is 0 Å². The molecule has 5 heteroatoms. The summed E-state index contributed by atoms with van der Waals surface area (Å²) in [4.78, 5) is 37.7. The Hall–Kier alpha value is -2.04. The molecular formula is C18H20FNO3. The first-order chi connectivity index (χ1) is 10.7. The van der Waals surface area contributed by atoms with E-state index in [2.05, 4.69) is 5.32 Å². The molecule has 0 aliphatic heterocycles. The van der Waals surface area contributed by atoms with Crippen LogP contribution in [0.25, 0.3) is 0 Å². The predicted molar refractivity (Wildman–Crippen MR) is 81.8 cm³/mol. The minimum Gasteiger partial charge on any atom is -0.351 e. The highest BCUT2D eigenvalue weighted by Crippen LogP contribution is 2.68. The summed E-state index contributed by atoms with van der Waals surface area (Å²) >= 11 is 0. The minimum absolute atomic E-state index is 0.204. The Kier molecular flexibility index (Phi) is 3.26. The third-order valence-corrected chi connectivity index (χ3v) is 6.30. The molecule has 0 aromatic heterocycles. The normalized spacial score (nSPS) is 31.5. The Balaban J connectivity index is 1.85. The van der Waals surface area contributed by atoms with Crippen LogP contribution in [-0.2, 0) is 20.9 Å². The van der Waals surface area contributed by atoms with Gasteiger partial charge in [-0.05, 0) is 36.0 Å². The molecule has 4 nitrogen and oxygen atoms in total. The van der Waals surface area contributed by atoms with Crippen LogP contribution in [-0.4, -0.2) is 17.5 Å². The number of carbonyl (C=O) groups is 3. The summed E-state index contributed by atoms with van der Waals surface area (Å²) in [6.07, 6.45) is 0.949. The Labute approximate surface area is 134 Å². The van der Waals surface area contributed by atoms with Crippen molar-refractivity contribution in [3.8, 4) is 0 Å². The lowest BCUT2D eigenvalue weighted by atomic mass is 9.64. The molecule has 0 heterocycles. The first-order valence-corrected chi connectivity index (χ1v) is 7.79. The summed E-state index contributed by atoms with van der Waals surface area (Å²) in [6, 6.07) is 5.80. The van der Waals surface area contributed by atoms with E-state index >= 15 is 0 Å². The maximum atomic E-state index is 12.9. The summed E-state index contributed by atoms with van der Waals surface area (Å²) in [5.41, 5.74) is -2.01. The van der Waals surface area contributed by atoms with E-state index in [9.17, 15) is 18.8 Å². The number of amides is 1. The molecule has 23 heavy (non-hydrogen) atoms. The molecule has 2 saturated carbocycles. The van der Waals surface area contributed by atoms with Gasteiger partial charge in [-0.1, -0.05) is 32.9 Å². The lowest BCUT2D eigenvalue weighted by Crippen LogP contribution is -2.50. The van der Waals surface area contributed by atoms with Crippen LogP contribution in [0.3, 0.4) is 0 Å². The fraction of sp³-hybridized carbons (Fsp3) is 0.500. The largest absolute Gasteiger partial charge is 0.351 e. The number of Topliss-reactive ketones (excluding diaryl/α,β-unsaturated/α-hetero) is 2. The first kappa shape index (κ1) is 15.8. The number of ketones is 2. The lowest BCUT2D eigenvalue weighted by molar-refractivity contribution is -0.149. The van der Waals surface area contributed by atoms with Crippen LogP contribution < -0.4 is 5.32 Å². The van der Waals surface area contributed by atoms with Crippen molar-refractivity contribution in [3.05, 3.63) is 35.6 Å². The second-order valence-electron chi connectivity index (χ2n) is 7.33. The third kappa shape index (κ3) is 1.79. The molecule has 0 saturated heterocycles. The van der Waals surface area contributed by atoms with Crippen LogP contribution in [0.4, 0.5) is 4.39 Å². The van der Waals surface area contributed by atoms with E-state index in [-0.39, 0.29) is 12.4 Å². The van der Waals surface area contributed by atoms with Crippen molar-refractivity contribution in [2.75, 3.05) is 0 Å². The standard InChI is InChI=1S/C18H20FNO3/c1-16(2)17(3)8-9-18(16,14(22)13(17)21)15(23)20-10-11-4-6-12(19)7-5-11/h4-7H,8-10H2,1-3H3,(H,20,23)/t17-,18+/m1/s1. The monoisotopic (exact) mass is 317 g/mol. The van der Waals surface area contributed by atoms with E-state index in [1.807, 2.05) is 13.8 Å². The number of hydrogen-bond acceptors (Lipinski definition) is 3. The molecule has 2 bridgehead atoms. The Morgan fingerprint density at radius 3 is 2.22 bits per heavy atom. The molecule has 122 valence electrons. The molecule has 1 amide bonds. The number of carbonyl (C=O) groups excluding carboxylic acids is 3. The molecule has 2 aliphatic rings. The van der Waals surface area contributed by atoms with Gasteiger partial charge in [-0.15, -0.1) is 0 Å². The van der Waals surface area contributed by atoms with Crippen molar-refractivity contribution in [1.82, 2.24) is 5.32 Å². The zero-order valence-electron chi connectivity index (χ0n) is 13.5. The average molecular weight is 317 g/mol. The molecule has 1 aromatic rings. The molecule has 0 unspecified atom stereocenters. The third-order valence-electron chi connectivity index (χ3n) is 6.30. The van der Waals surface area contributed by atoms with Crippen molar-refractivity contribution in [1.29, 1.82) is 0 Å². The quantitative estimate of drug-likeness (QED) is 0.688. The summed E-state index contributed by atoms with van der Waals surface area (Å²) in [5.74, 6) is -1.73. The van der Waals surface area contributed by atoms with Crippen molar-refractivity contribution < 1.29 is 18.8 Å². The highest BCUT2D eigenvalue weighted by Gasteiger charge is 2.77. The highest BCUT2D eigenvalue weighted by molar-refractivity contribution is 6.48. The molecule has 1 aromatic carbocycles. The number of rotatable bonds is 3. The van der Waals surface area contributed by atoms with Gasteiger partial charge in [-0.2, -0.15) is 0 Å². The summed E-state index contributed by atoms with van der Waals surface area (Å²) in [7, 11) is 0. The van der Waals surface area contributed by atoms with E-state index in [1.165, 1.54) is 12.1 Å². The molecule has 2 fully saturated rings. The molecule has 0 spiro atoms. The molecule has 1 N–H and O–H groups in total. The minimum atomic E-state index is -1.28. The number of hydrogen-bond donors (Lipinski definition) is 1. The number of nitrogens with one attached hydrogen (secondary N) is 1. The van der Waals surface area contributed by atoms with Crippen molar-refractivity contribution >= 4 is 17.5 Å². The number of fused-ring (bicyclic) bond motifs is 2. The van der Waals surface area contributed by atoms with E-state index in [0.717, 1.165) is 5.56 Å². The Morgan fingerprint density at radius 1 is 1.09 bits per heavy atom. The highest BCUT2D eigenvalue weighted by atomic mass is 19.1. The van der Waals surface area contributed by atoms with Crippen LogP contribution in [0.5, 0.6) is 0 Å². The van der Waals surface area contributed by atoms with Gasteiger partial charge >= 0.3 is 0 Å². The van der Waals surface area contributed by atoms with Gasteiger partial charge in [-0.3, -0.25) is 14.4 Å². The maximum absolute atomic E-state index is 12.9. The van der Waals surface area contributed by atoms with Crippen LogP contribution >= 0.6 is 0 Å². The molecular weight excluding hydrogens is 297 g/mol. The van der Waals surface area contributed by atoms with Crippen LogP contribution in [0.1, 0.15) is 39.2 Å². The summed E-state index contributed by atoms with van der Waals surface area (Å²) < 4.78 is 12.9. The summed E-state index contributed by atoms with van der Waals surface area (Å²) in [6.45, 7) is 5.66. The van der Waals surface area contributed by atoms with Gasteiger partial charge in [0.15, 0.2) is 0 Å². The van der Waals surface area contributed by atoms with Gasteiger partial charge in [0, 0.05) is 12.0 Å². The van der Waals surface area contributed by atoms with Gasteiger partial charge in [-0.25, -0.2) is 4.39 Å². The van der Waals surface area contributed by atoms with Crippen molar-refractivity contribution in [2.45, 2.75) is 40.2 Å². The maximum Gasteiger partial charge on any atom is 0.235 e. The average Bonchev–Trinajstić information content (AvgIpc) is 2.78. The van der Waals surface area contributed by atoms with Gasteiger partial charge in [0.2, 0.25) is 17.5 Å². The van der Waals surface area contributed by atoms with Crippen LogP contribution in [0, 0.1) is 22.1 Å². The van der Waals surface area contributed by atoms with Gasteiger partial charge in [0.1, 0.15) is 11.2 Å². The molecule has 2 aliphatic carbocycles. The zero-order valence-corrected chi connectivity index (χ0v) is 13.5. The second kappa shape index (κ2) is 4.73. The first-order valence-electron chi connectivity index (χ1n) is 7.79. The predicted octanol–water partition coefficient (Wildman–Crippen LogP) is 2.41. The van der Waals surface area contributed by atoms with E-state index in [4.69, 9.17) is 0 Å².